The van der Waals surface area contributed by atoms with Crippen LogP contribution in [0.25, 0.3) is 22.3 Å². The van der Waals surface area contributed by atoms with E-state index in [0.717, 1.165) is 67.1 Å². The molecule has 8 aromatic carbocycles. The first kappa shape index (κ1) is 35.2. The minimum Gasteiger partial charge on any atom is -0.457 e. The van der Waals surface area contributed by atoms with E-state index in [1.165, 1.54) is 22.3 Å². The van der Waals surface area contributed by atoms with E-state index in [2.05, 4.69) is 157 Å². The lowest BCUT2D eigenvalue weighted by atomic mass is 9.73. The van der Waals surface area contributed by atoms with Crippen molar-refractivity contribution < 1.29 is 4.74 Å². The van der Waals surface area contributed by atoms with E-state index in [1.54, 1.807) is 0 Å². The SMILES string of the molecule is C#Cc1cccc(C#CC2(c3ccc(Oc4ccc(C5(C#Cc6cccc(C#C)c6)c6ccccc6-c6ccccc65)cc4)cc3)c3ccccc3-c3ccccc32)c1. The number of hydrogen-bond donors (Lipinski definition) is 0. The van der Waals surface area contributed by atoms with Gasteiger partial charge >= 0.3 is 0 Å². The van der Waals surface area contributed by atoms with Crippen LogP contribution < -0.4 is 4.74 Å². The second-order valence-corrected chi connectivity index (χ2v) is 14.8. The maximum Gasteiger partial charge on any atom is 0.127 e. The van der Waals surface area contributed by atoms with Crippen LogP contribution in [0.1, 0.15) is 55.6 Å². The Morgan fingerprint density at radius 1 is 0.339 bits per heavy atom. The van der Waals surface area contributed by atoms with Crippen LogP contribution in [0.15, 0.2) is 194 Å². The molecule has 2 aliphatic rings. The number of benzene rings is 8. The van der Waals surface area contributed by atoms with E-state index in [1.807, 2.05) is 72.8 Å². The fourth-order valence-electron chi connectivity index (χ4n) is 8.89. The lowest BCUT2D eigenvalue weighted by molar-refractivity contribution is 0.482. The fourth-order valence-corrected chi connectivity index (χ4v) is 8.89. The van der Waals surface area contributed by atoms with E-state index < -0.39 is 10.8 Å². The largest absolute Gasteiger partial charge is 0.457 e. The number of fused-ring (bicyclic) bond motifs is 6. The Morgan fingerprint density at radius 2 is 0.661 bits per heavy atom. The molecule has 2 aliphatic carbocycles. The Morgan fingerprint density at radius 3 is 1.00 bits per heavy atom. The molecule has 0 unspecified atom stereocenters. The van der Waals surface area contributed by atoms with Gasteiger partial charge in [-0.05, 0) is 116 Å². The van der Waals surface area contributed by atoms with Crippen molar-refractivity contribution in [1.82, 2.24) is 0 Å². The Balaban J connectivity index is 1.02. The minimum atomic E-state index is -0.703. The van der Waals surface area contributed by atoms with Gasteiger partial charge in [0.1, 0.15) is 22.3 Å². The highest BCUT2D eigenvalue weighted by Crippen LogP contribution is 2.54. The zero-order valence-corrected chi connectivity index (χ0v) is 32.0. The molecule has 0 atom stereocenters. The summed E-state index contributed by atoms with van der Waals surface area (Å²) in [5.41, 5.74) is 13.4. The molecular weight excluding hydrogens is 713 g/mol. The van der Waals surface area contributed by atoms with Gasteiger partial charge in [0, 0.05) is 22.3 Å². The van der Waals surface area contributed by atoms with Crippen LogP contribution in [0, 0.1) is 48.4 Å². The summed E-state index contributed by atoms with van der Waals surface area (Å²) in [4.78, 5) is 0. The lowest BCUT2D eigenvalue weighted by Crippen LogP contribution is -2.25. The highest BCUT2D eigenvalue weighted by atomic mass is 16.5. The Bertz CT molecular complexity index is 2850. The summed E-state index contributed by atoms with van der Waals surface area (Å²) in [7, 11) is 0. The molecule has 272 valence electrons. The lowest BCUT2D eigenvalue weighted by Gasteiger charge is -2.28. The van der Waals surface area contributed by atoms with Gasteiger partial charge in [-0.3, -0.25) is 0 Å². The predicted molar refractivity (Wildman–Crippen MR) is 239 cm³/mol. The normalized spacial score (nSPS) is 13.1. The highest BCUT2D eigenvalue weighted by Gasteiger charge is 2.44. The van der Waals surface area contributed by atoms with Crippen molar-refractivity contribution in [2.45, 2.75) is 10.8 Å². The van der Waals surface area contributed by atoms with E-state index in [9.17, 15) is 0 Å². The average molecular weight is 747 g/mol. The third kappa shape index (κ3) is 5.82. The van der Waals surface area contributed by atoms with Crippen LogP contribution in [0.4, 0.5) is 0 Å². The monoisotopic (exact) mass is 746 g/mol. The Kier molecular flexibility index (Phi) is 8.59. The van der Waals surface area contributed by atoms with Gasteiger partial charge in [-0.15, -0.1) is 12.8 Å². The molecule has 0 aliphatic heterocycles. The Labute approximate surface area is 346 Å². The standard InChI is InChI=1S/C58H34O/c1-3-41-15-13-17-43(39-41)35-37-57(53-23-9-5-19-49(53)50-20-6-10-24-54(50)57)45-27-31-47(32-28-45)59-48-33-29-46(30-34-48)58(38-36-44-18-14-16-42(4-2)40-44)55-25-11-7-21-51(55)52-22-8-12-26-56(52)58/h1-2,5-34,39-40H. The van der Waals surface area contributed by atoms with Gasteiger partial charge in [-0.25, -0.2) is 0 Å². The third-order valence-corrected chi connectivity index (χ3v) is 11.6. The molecule has 10 rings (SSSR count). The van der Waals surface area contributed by atoms with E-state index in [-0.39, 0.29) is 0 Å². The summed E-state index contributed by atoms with van der Waals surface area (Å²) in [5, 5.41) is 0. The fraction of sp³-hybridized carbons (Fsp3) is 0.0345. The van der Waals surface area contributed by atoms with E-state index >= 15 is 0 Å². The first-order chi connectivity index (χ1) is 29.1. The topological polar surface area (TPSA) is 9.23 Å². The molecular formula is C58H34O. The maximum atomic E-state index is 6.56. The number of rotatable bonds is 4. The van der Waals surface area contributed by atoms with Gasteiger partial charge in [-0.1, -0.05) is 169 Å². The maximum absolute atomic E-state index is 6.56. The molecule has 0 saturated carbocycles. The van der Waals surface area contributed by atoms with Gasteiger partial charge in [0.2, 0.25) is 0 Å². The number of ether oxygens (including phenoxy) is 1. The molecule has 1 nitrogen and oxygen atoms in total. The molecule has 0 heterocycles. The summed E-state index contributed by atoms with van der Waals surface area (Å²) >= 11 is 0. The minimum absolute atomic E-state index is 0.703. The van der Waals surface area contributed by atoms with Crippen molar-refractivity contribution in [3.8, 4) is 82.1 Å². The van der Waals surface area contributed by atoms with Crippen molar-refractivity contribution in [3.05, 3.63) is 250 Å². The quantitative estimate of drug-likeness (QED) is 0.163. The zero-order valence-electron chi connectivity index (χ0n) is 32.0. The van der Waals surface area contributed by atoms with Crippen LogP contribution in [0.5, 0.6) is 11.5 Å². The molecule has 0 spiro atoms. The molecule has 0 amide bonds. The molecule has 0 radical (unpaired) electrons. The predicted octanol–water partition coefficient (Wildman–Crippen LogP) is 12.2. The van der Waals surface area contributed by atoms with Gasteiger partial charge < -0.3 is 4.74 Å². The first-order valence-corrected chi connectivity index (χ1v) is 19.6. The average Bonchev–Trinajstić information content (AvgIpc) is 3.76. The second-order valence-electron chi connectivity index (χ2n) is 14.8. The molecule has 8 aromatic rings. The van der Waals surface area contributed by atoms with Gasteiger partial charge in [0.15, 0.2) is 0 Å². The zero-order chi connectivity index (χ0) is 39.8. The summed E-state index contributed by atoms with van der Waals surface area (Å²) in [5.74, 6) is 21.5. The summed E-state index contributed by atoms with van der Waals surface area (Å²) in [6.07, 6.45) is 11.5. The molecule has 0 aromatic heterocycles. The van der Waals surface area contributed by atoms with Crippen molar-refractivity contribution in [2.75, 3.05) is 0 Å². The number of terminal acetylenes is 2. The van der Waals surface area contributed by atoms with E-state index in [4.69, 9.17) is 17.6 Å². The molecule has 0 N–H and O–H groups in total. The van der Waals surface area contributed by atoms with Gasteiger partial charge in [0.05, 0.1) is 0 Å². The summed E-state index contributed by atoms with van der Waals surface area (Å²) in [6.45, 7) is 0. The molecule has 0 bridgehead atoms. The summed E-state index contributed by atoms with van der Waals surface area (Å²) < 4.78 is 6.56. The Hall–Kier alpha value is -8.20. The van der Waals surface area contributed by atoms with Gasteiger partial charge in [-0.2, -0.15) is 0 Å². The summed E-state index contributed by atoms with van der Waals surface area (Å²) in [6, 6.07) is 66.7. The molecule has 0 fully saturated rings. The number of hydrogen-bond acceptors (Lipinski definition) is 1. The van der Waals surface area contributed by atoms with Gasteiger partial charge in [0.25, 0.3) is 0 Å². The second kappa shape index (κ2) is 14.4. The van der Waals surface area contributed by atoms with Crippen molar-refractivity contribution >= 4 is 0 Å². The van der Waals surface area contributed by atoms with Crippen molar-refractivity contribution in [3.63, 3.8) is 0 Å². The van der Waals surface area contributed by atoms with Crippen molar-refractivity contribution in [1.29, 1.82) is 0 Å². The van der Waals surface area contributed by atoms with Crippen molar-refractivity contribution in [2.24, 2.45) is 0 Å². The smallest absolute Gasteiger partial charge is 0.127 e. The van der Waals surface area contributed by atoms with Crippen LogP contribution in [0.3, 0.4) is 0 Å². The molecule has 0 saturated heterocycles. The van der Waals surface area contributed by atoms with Crippen LogP contribution in [-0.2, 0) is 10.8 Å². The van der Waals surface area contributed by atoms with Crippen LogP contribution in [-0.4, -0.2) is 0 Å². The molecule has 59 heavy (non-hydrogen) atoms. The first-order valence-electron chi connectivity index (χ1n) is 19.6. The molecule has 1 heteroatoms. The van der Waals surface area contributed by atoms with E-state index in [0.29, 0.717) is 0 Å². The third-order valence-electron chi connectivity index (χ3n) is 11.6. The van der Waals surface area contributed by atoms with Crippen LogP contribution in [0.2, 0.25) is 0 Å². The van der Waals surface area contributed by atoms with Crippen LogP contribution >= 0.6 is 0 Å². The highest BCUT2D eigenvalue weighted by molar-refractivity contribution is 5.87.